The molecular formula is C17H25Cl2NO. The summed E-state index contributed by atoms with van der Waals surface area (Å²) in [5, 5.41) is 4.67. The molecule has 1 N–H and O–H groups in total. The Morgan fingerprint density at radius 3 is 2.57 bits per heavy atom. The van der Waals surface area contributed by atoms with Crippen molar-refractivity contribution < 1.29 is 4.74 Å². The van der Waals surface area contributed by atoms with Gasteiger partial charge < -0.3 is 10.1 Å². The van der Waals surface area contributed by atoms with Crippen molar-refractivity contribution in [3.63, 3.8) is 0 Å². The molecule has 1 aromatic carbocycles. The van der Waals surface area contributed by atoms with Gasteiger partial charge in [0.2, 0.25) is 0 Å². The lowest BCUT2D eigenvalue weighted by atomic mass is 9.90. The second-order valence-electron chi connectivity index (χ2n) is 6.23. The van der Waals surface area contributed by atoms with Crippen LogP contribution in [0.2, 0.25) is 10.0 Å². The number of halogens is 2. The lowest BCUT2D eigenvalue weighted by molar-refractivity contribution is 0.207. The molecular weight excluding hydrogens is 305 g/mol. The van der Waals surface area contributed by atoms with Crippen molar-refractivity contribution in [1.29, 1.82) is 0 Å². The fraction of sp³-hybridized carbons (Fsp3) is 0.647. The van der Waals surface area contributed by atoms with Gasteiger partial charge in [0.25, 0.3) is 0 Å². The van der Waals surface area contributed by atoms with Gasteiger partial charge in [0.05, 0.1) is 11.6 Å². The molecule has 0 amide bonds. The Morgan fingerprint density at radius 2 is 1.90 bits per heavy atom. The van der Waals surface area contributed by atoms with Crippen LogP contribution < -0.4 is 10.1 Å². The predicted octanol–water partition coefficient (Wildman–Crippen LogP) is 5.45. The van der Waals surface area contributed by atoms with Crippen LogP contribution in [0, 0.1) is 5.92 Å². The van der Waals surface area contributed by atoms with E-state index in [0.29, 0.717) is 22.0 Å². The van der Waals surface area contributed by atoms with E-state index in [1.165, 1.54) is 32.1 Å². The molecule has 21 heavy (non-hydrogen) atoms. The Labute approximate surface area is 138 Å². The zero-order valence-electron chi connectivity index (χ0n) is 12.9. The van der Waals surface area contributed by atoms with Gasteiger partial charge in [-0.15, -0.1) is 0 Å². The number of rotatable bonds is 6. The van der Waals surface area contributed by atoms with Crippen LogP contribution in [0.3, 0.4) is 0 Å². The van der Waals surface area contributed by atoms with Crippen molar-refractivity contribution in [1.82, 2.24) is 5.32 Å². The van der Waals surface area contributed by atoms with Crippen molar-refractivity contribution in [2.75, 3.05) is 6.61 Å². The third kappa shape index (κ3) is 5.36. The van der Waals surface area contributed by atoms with Crippen LogP contribution in [0.5, 0.6) is 5.75 Å². The highest BCUT2D eigenvalue weighted by atomic mass is 35.5. The molecule has 2 rings (SSSR count). The summed E-state index contributed by atoms with van der Waals surface area (Å²) in [6.45, 7) is 5.72. The maximum absolute atomic E-state index is 6.33. The first-order chi connectivity index (χ1) is 10.1. The van der Waals surface area contributed by atoms with E-state index in [0.717, 1.165) is 24.5 Å². The van der Waals surface area contributed by atoms with Gasteiger partial charge >= 0.3 is 0 Å². The molecule has 118 valence electrons. The number of ether oxygens (including phenoxy) is 1. The third-order valence-electron chi connectivity index (χ3n) is 3.97. The summed E-state index contributed by atoms with van der Waals surface area (Å²) in [4.78, 5) is 0. The highest BCUT2D eigenvalue weighted by Crippen LogP contribution is 2.34. The lowest BCUT2D eigenvalue weighted by Gasteiger charge is -2.23. The van der Waals surface area contributed by atoms with Gasteiger partial charge in [-0.3, -0.25) is 0 Å². The Hall–Kier alpha value is -0.440. The molecule has 0 heterocycles. The van der Waals surface area contributed by atoms with E-state index < -0.39 is 0 Å². The average Bonchev–Trinajstić information content (AvgIpc) is 2.45. The van der Waals surface area contributed by atoms with E-state index in [4.69, 9.17) is 27.9 Å². The Bertz CT molecular complexity index is 456. The first-order valence-electron chi connectivity index (χ1n) is 7.90. The molecule has 1 fully saturated rings. The van der Waals surface area contributed by atoms with Gasteiger partial charge in [0, 0.05) is 23.2 Å². The zero-order chi connectivity index (χ0) is 15.2. The molecule has 0 unspecified atom stereocenters. The maximum atomic E-state index is 6.33. The quantitative estimate of drug-likeness (QED) is 0.749. The van der Waals surface area contributed by atoms with E-state index >= 15 is 0 Å². The topological polar surface area (TPSA) is 21.3 Å². The molecule has 1 saturated carbocycles. The molecule has 0 aromatic heterocycles. The zero-order valence-corrected chi connectivity index (χ0v) is 14.4. The monoisotopic (exact) mass is 329 g/mol. The Balaban J connectivity index is 2.04. The lowest BCUT2D eigenvalue weighted by Crippen LogP contribution is -2.23. The standard InChI is InChI=1S/C17H25Cl2NO/c1-12(2)20-10-14-8-15(18)9-16(19)17(14)21-11-13-6-4-3-5-7-13/h8-9,12-13,20H,3-7,10-11H2,1-2H3. The minimum absolute atomic E-state index is 0.411. The summed E-state index contributed by atoms with van der Waals surface area (Å²) in [6, 6.07) is 4.12. The fourth-order valence-electron chi connectivity index (χ4n) is 2.78. The molecule has 0 saturated heterocycles. The number of benzene rings is 1. The molecule has 0 spiro atoms. The van der Waals surface area contributed by atoms with Gasteiger partial charge in [-0.1, -0.05) is 56.3 Å². The predicted molar refractivity (Wildman–Crippen MR) is 90.5 cm³/mol. The van der Waals surface area contributed by atoms with Gasteiger partial charge in [0.1, 0.15) is 5.75 Å². The van der Waals surface area contributed by atoms with E-state index in [-0.39, 0.29) is 0 Å². The van der Waals surface area contributed by atoms with Crippen LogP contribution >= 0.6 is 23.2 Å². The summed E-state index contributed by atoms with van der Waals surface area (Å²) < 4.78 is 6.06. The van der Waals surface area contributed by atoms with E-state index in [1.807, 2.05) is 6.07 Å². The Kier molecular flexibility index (Phi) is 6.66. The van der Waals surface area contributed by atoms with Crippen molar-refractivity contribution in [3.05, 3.63) is 27.7 Å². The minimum atomic E-state index is 0.411. The van der Waals surface area contributed by atoms with Gasteiger partial charge in [-0.05, 0) is 30.9 Å². The molecule has 1 aliphatic carbocycles. The van der Waals surface area contributed by atoms with Gasteiger partial charge in [0.15, 0.2) is 0 Å². The summed E-state index contributed by atoms with van der Waals surface area (Å²) in [5.41, 5.74) is 1.04. The molecule has 0 radical (unpaired) electrons. The van der Waals surface area contributed by atoms with Crippen LogP contribution in [0.25, 0.3) is 0 Å². The van der Waals surface area contributed by atoms with E-state index in [1.54, 1.807) is 6.07 Å². The average molecular weight is 330 g/mol. The largest absolute Gasteiger partial charge is 0.491 e. The van der Waals surface area contributed by atoms with Crippen LogP contribution in [0.1, 0.15) is 51.5 Å². The molecule has 1 aromatic rings. The molecule has 0 atom stereocenters. The van der Waals surface area contributed by atoms with E-state index in [9.17, 15) is 0 Å². The molecule has 2 nitrogen and oxygen atoms in total. The van der Waals surface area contributed by atoms with Gasteiger partial charge in [-0.25, -0.2) is 0 Å². The first-order valence-corrected chi connectivity index (χ1v) is 8.66. The second-order valence-corrected chi connectivity index (χ2v) is 7.07. The van der Waals surface area contributed by atoms with Crippen molar-refractivity contribution in [3.8, 4) is 5.75 Å². The SMILES string of the molecule is CC(C)NCc1cc(Cl)cc(Cl)c1OCC1CCCCC1. The smallest absolute Gasteiger partial charge is 0.142 e. The summed E-state index contributed by atoms with van der Waals surface area (Å²) in [5.74, 6) is 1.45. The Morgan fingerprint density at radius 1 is 1.19 bits per heavy atom. The van der Waals surface area contributed by atoms with Crippen LogP contribution in [0.15, 0.2) is 12.1 Å². The van der Waals surface area contributed by atoms with Crippen LogP contribution in [-0.4, -0.2) is 12.6 Å². The number of nitrogens with one attached hydrogen (secondary N) is 1. The summed E-state index contributed by atoms with van der Waals surface area (Å²) >= 11 is 12.4. The second kappa shape index (κ2) is 8.26. The normalized spacial score (nSPS) is 16.4. The highest BCUT2D eigenvalue weighted by Gasteiger charge is 2.17. The molecule has 4 heteroatoms. The van der Waals surface area contributed by atoms with Gasteiger partial charge in [-0.2, -0.15) is 0 Å². The number of hydrogen-bond acceptors (Lipinski definition) is 2. The minimum Gasteiger partial charge on any atom is -0.491 e. The maximum Gasteiger partial charge on any atom is 0.142 e. The van der Waals surface area contributed by atoms with Crippen molar-refractivity contribution in [2.24, 2.45) is 5.92 Å². The fourth-order valence-corrected chi connectivity index (χ4v) is 3.37. The summed E-state index contributed by atoms with van der Waals surface area (Å²) in [7, 11) is 0. The van der Waals surface area contributed by atoms with E-state index in [2.05, 4.69) is 19.2 Å². The highest BCUT2D eigenvalue weighted by molar-refractivity contribution is 6.35. The first kappa shape index (κ1) is 16.9. The summed E-state index contributed by atoms with van der Waals surface area (Å²) in [6.07, 6.45) is 6.55. The van der Waals surface area contributed by atoms with Crippen molar-refractivity contribution >= 4 is 23.2 Å². The third-order valence-corrected chi connectivity index (χ3v) is 4.47. The molecule has 0 bridgehead atoms. The van der Waals surface area contributed by atoms with Crippen LogP contribution in [0.4, 0.5) is 0 Å². The number of hydrogen-bond donors (Lipinski definition) is 1. The van der Waals surface area contributed by atoms with Crippen molar-refractivity contribution in [2.45, 2.75) is 58.5 Å². The van der Waals surface area contributed by atoms with Crippen LogP contribution in [-0.2, 0) is 6.54 Å². The molecule has 0 aliphatic heterocycles. The molecule has 1 aliphatic rings.